The van der Waals surface area contributed by atoms with Crippen LogP contribution in [-0.2, 0) is 13.5 Å². The van der Waals surface area contributed by atoms with Crippen LogP contribution in [0.3, 0.4) is 0 Å². The van der Waals surface area contributed by atoms with Crippen molar-refractivity contribution in [3.63, 3.8) is 0 Å². The van der Waals surface area contributed by atoms with Crippen molar-refractivity contribution in [3.05, 3.63) is 71.3 Å². The molecule has 1 saturated heterocycles. The van der Waals surface area contributed by atoms with Crippen molar-refractivity contribution < 1.29 is 9.59 Å². The number of H-pyrrole nitrogens is 1. The lowest BCUT2D eigenvalue weighted by Crippen LogP contribution is -2.46. The van der Waals surface area contributed by atoms with Gasteiger partial charge in [-0.15, -0.1) is 0 Å². The molecule has 0 spiro atoms. The molecule has 2 amide bonds. The monoisotopic (exact) mass is 392 g/mol. The maximum atomic E-state index is 12.8. The molecule has 8 heteroatoms. The van der Waals surface area contributed by atoms with Crippen LogP contribution in [0.5, 0.6) is 0 Å². The van der Waals surface area contributed by atoms with E-state index in [1.807, 2.05) is 36.4 Å². The van der Waals surface area contributed by atoms with Gasteiger partial charge in [0, 0.05) is 44.5 Å². The summed E-state index contributed by atoms with van der Waals surface area (Å²) in [5.74, 6) is -0.196. The molecule has 1 aromatic carbocycles. The van der Waals surface area contributed by atoms with Gasteiger partial charge in [0.25, 0.3) is 11.8 Å². The van der Waals surface area contributed by atoms with E-state index in [2.05, 4.69) is 20.6 Å². The van der Waals surface area contributed by atoms with E-state index >= 15 is 0 Å². The number of carbonyl (C=O) groups excluding carboxylic acids is 2. The fourth-order valence-corrected chi connectivity index (χ4v) is 3.57. The van der Waals surface area contributed by atoms with Crippen LogP contribution in [-0.4, -0.2) is 55.8 Å². The Morgan fingerprint density at radius 3 is 2.66 bits per heavy atom. The molecule has 0 unspecified atom stereocenters. The lowest BCUT2D eigenvalue weighted by Gasteiger charge is -2.31. The molecule has 150 valence electrons. The normalized spacial score (nSPS) is 14.7. The Bertz CT molecular complexity index is 986. The third-order valence-electron chi connectivity index (χ3n) is 5.17. The first-order chi connectivity index (χ1) is 14.1. The van der Waals surface area contributed by atoms with Crippen LogP contribution in [0, 0.1) is 0 Å². The molecule has 3 aromatic rings. The van der Waals surface area contributed by atoms with Crippen molar-refractivity contribution >= 4 is 11.8 Å². The number of benzene rings is 1. The summed E-state index contributed by atoms with van der Waals surface area (Å²) in [6.07, 6.45) is 5.40. The van der Waals surface area contributed by atoms with E-state index in [1.54, 1.807) is 29.0 Å². The molecule has 0 atom stereocenters. The van der Waals surface area contributed by atoms with Gasteiger partial charge in [-0.1, -0.05) is 30.3 Å². The minimum absolute atomic E-state index is 0.0552. The van der Waals surface area contributed by atoms with Crippen LogP contribution < -0.4 is 5.32 Å². The highest BCUT2D eigenvalue weighted by Gasteiger charge is 2.26. The van der Waals surface area contributed by atoms with Crippen molar-refractivity contribution in [2.75, 3.05) is 13.1 Å². The van der Waals surface area contributed by atoms with E-state index < -0.39 is 0 Å². The van der Waals surface area contributed by atoms with Crippen LogP contribution in [0.4, 0.5) is 0 Å². The Morgan fingerprint density at radius 1 is 1.21 bits per heavy atom. The van der Waals surface area contributed by atoms with Gasteiger partial charge in [-0.3, -0.25) is 19.4 Å². The number of rotatable bonds is 5. The minimum atomic E-state index is -0.124. The molecule has 0 aliphatic carbocycles. The average Bonchev–Trinajstić information content (AvgIpc) is 3.38. The smallest absolute Gasteiger partial charge is 0.274 e. The van der Waals surface area contributed by atoms with Crippen LogP contribution in [0.1, 0.15) is 44.9 Å². The van der Waals surface area contributed by atoms with E-state index in [1.165, 1.54) is 5.56 Å². The van der Waals surface area contributed by atoms with Gasteiger partial charge in [-0.25, -0.2) is 0 Å². The summed E-state index contributed by atoms with van der Waals surface area (Å²) in [6, 6.07) is 11.9. The predicted molar refractivity (Wildman–Crippen MR) is 107 cm³/mol. The molecule has 2 aromatic heterocycles. The number of hydrogen-bond donors (Lipinski definition) is 2. The molecule has 0 radical (unpaired) electrons. The van der Waals surface area contributed by atoms with Gasteiger partial charge in [0.1, 0.15) is 5.69 Å². The Labute approximate surface area is 168 Å². The number of amides is 2. The minimum Gasteiger partial charge on any atom is -0.349 e. The van der Waals surface area contributed by atoms with Gasteiger partial charge in [0.2, 0.25) is 0 Å². The first kappa shape index (κ1) is 18.9. The lowest BCUT2D eigenvalue weighted by atomic mass is 10.0. The maximum absolute atomic E-state index is 12.8. The predicted octanol–water partition coefficient (Wildman–Crippen LogP) is 1.77. The average molecular weight is 392 g/mol. The SMILES string of the molecule is Cn1cc(C(=O)NC2CCN(C(=O)c3cc(Cc4ccccc4)[nH]n3)CC2)cn1. The van der Waals surface area contributed by atoms with Crippen molar-refractivity contribution in [3.8, 4) is 0 Å². The molecule has 2 N–H and O–H groups in total. The lowest BCUT2D eigenvalue weighted by molar-refractivity contribution is 0.0692. The molecular formula is C21H24N6O2. The van der Waals surface area contributed by atoms with Gasteiger partial charge in [0.05, 0.1) is 11.8 Å². The summed E-state index contributed by atoms with van der Waals surface area (Å²) >= 11 is 0. The van der Waals surface area contributed by atoms with E-state index in [4.69, 9.17) is 0 Å². The topological polar surface area (TPSA) is 95.9 Å². The van der Waals surface area contributed by atoms with Gasteiger partial charge in [0.15, 0.2) is 0 Å². The summed E-state index contributed by atoms with van der Waals surface area (Å²) < 4.78 is 1.60. The zero-order valence-electron chi connectivity index (χ0n) is 16.3. The summed E-state index contributed by atoms with van der Waals surface area (Å²) in [6.45, 7) is 1.19. The second-order valence-electron chi connectivity index (χ2n) is 7.38. The van der Waals surface area contributed by atoms with E-state index in [0.717, 1.165) is 18.5 Å². The highest BCUT2D eigenvalue weighted by atomic mass is 16.2. The van der Waals surface area contributed by atoms with Gasteiger partial charge < -0.3 is 10.2 Å². The largest absolute Gasteiger partial charge is 0.349 e. The first-order valence-corrected chi connectivity index (χ1v) is 9.75. The molecule has 1 aliphatic rings. The number of carbonyl (C=O) groups is 2. The molecule has 0 bridgehead atoms. The Kier molecular flexibility index (Phi) is 5.41. The Balaban J connectivity index is 1.29. The molecule has 29 heavy (non-hydrogen) atoms. The van der Waals surface area contributed by atoms with Crippen LogP contribution in [0.15, 0.2) is 48.8 Å². The standard InChI is InChI=1S/C21H24N6O2/c1-26-14-16(13-22-26)20(28)23-17-7-9-27(10-8-17)21(29)19-12-18(24-25-19)11-15-5-3-2-4-6-15/h2-6,12-14,17H,7-11H2,1H3,(H,23,28)(H,24,25). The zero-order chi connectivity index (χ0) is 20.2. The van der Waals surface area contributed by atoms with Crippen molar-refractivity contribution in [2.24, 2.45) is 7.05 Å². The molecule has 3 heterocycles. The molecular weight excluding hydrogens is 368 g/mol. The molecule has 1 aliphatic heterocycles. The summed E-state index contributed by atoms with van der Waals surface area (Å²) in [5, 5.41) is 14.2. The third-order valence-corrected chi connectivity index (χ3v) is 5.17. The second kappa shape index (κ2) is 8.30. The number of hydrogen-bond acceptors (Lipinski definition) is 4. The maximum Gasteiger partial charge on any atom is 0.274 e. The highest BCUT2D eigenvalue weighted by Crippen LogP contribution is 2.15. The third kappa shape index (κ3) is 4.53. The fraction of sp³-hybridized carbons (Fsp3) is 0.333. The Morgan fingerprint density at radius 2 is 1.97 bits per heavy atom. The summed E-state index contributed by atoms with van der Waals surface area (Å²) in [4.78, 5) is 26.8. The van der Waals surface area contributed by atoms with Gasteiger partial charge in [-0.05, 0) is 24.5 Å². The summed E-state index contributed by atoms with van der Waals surface area (Å²) in [5.41, 5.74) is 3.07. The molecule has 8 nitrogen and oxygen atoms in total. The van der Waals surface area contributed by atoms with Crippen LogP contribution in [0.25, 0.3) is 0 Å². The quantitative estimate of drug-likeness (QED) is 0.692. The number of nitrogens with one attached hydrogen (secondary N) is 2. The number of nitrogens with zero attached hydrogens (tertiary/aromatic N) is 4. The van der Waals surface area contributed by atoms with E-state index in [0.29, 0.717) is 30.8 Å². The number of likely N-dealkylation sites (tertiary alicyclic amines) is 1. The van der Waals surface area contributed by atoms with Crippen molar-refractivity contribution in [1.29, 1.82) is 0 Å². The number of aromatic nitrogens is 4. The first-order valence-electron chi connectivity index (χ1n) is 9.75. The van der Waals surface area contributed by atoms with Crippen LogP contribution >= 0.6 is 0 Å². The van der Waals surface area contributed by atoms with Gasteiger partial charge in [-0.2, -0.15) is 10.2 Å². The number of aromatic amines is 1. The van der Waals surface area contributed by atoms with Gasteiger partial charge >= 0.3 is 0 Å². The number of piperidine rings is 1. The zero-order valence-corrected chi connectivity index (χ0v) is 16.3. The fourth-order valence-electron chi connectivity index (χ4n) is 3.57. The highest BCUT2D eigenvalue weighted by molar-refractivity contribution is 5.94. The Hall–Kier alpha value is -3.42. The molecule has 0 saturated carbocycles. The second-order valence-corrected chi connectivity index (χ2v) is 7.38. The molecule has 1 fully saturated rings. The summed E-state index contributed by atoms with van der Waals surface area (Å²) in [7, 11) is 1.78. The molecule has 4 rings (SSSR count). The van der Waals surface area contributed by atoms with Crippen molar-refractivity contribution in [1.82, 2.24) is 30.2 Å². The van der Waals surface area contributed by atoms with E-state index in [-0.39, 0.29) is 17.9 Å². The van der Waals surface area contributed by atoms with Crippen molar-refractivity contribution in [2.45, 2.75) is 25.3 Å². The number of aryl methyl sites for hydroxylation is 1. The van der Waals surface area contributed by atoms with Crippen LogP contribution in [0.2, 0.25) is 0 Å². The van der Waals surface area contributed by atoms with E-state index in [9.17, 15) is 9.59 Å².